The average Bonchev–Trinajstić information content (AvgIpc) is 2.88. The van der Waals surface area contributed by atoms with Crippen molar-refractivity contribution in [1.29, 1.82) is 0 Å². The lowest BCUT2D eigenvalue weighted by molar-refractivity contribution is -0.152. The molecule has 0 spiro atoms. The Morgan fingerprint density at radius 2 is 2.14 bits per heavy atom. The normalized spacial score (nSPS) is 21.9. The van der Waals surface area contributed by atoms with Crippen LogP contribution in [0.4, 0.5) is 0 Å². The van der Waals surface area contributed by atoms with Gasteiger partial charge < -0.3 is 14.4 Å². The molecule has 1 atom stereocenters. The molecule has 1 fully saturated rings. The van der Waals surface area contributed by atoms with Gasteiger partial charge in [-0.3, -0.25) is 9.59 Å². The summed E-state index contributed by atoms with van der Waals surface area (Å²) < 4.78 is 5.52. The second kappa shape index (κ2) is 6.50. The Kier molecular flexibility index (Phi) is 4.88. The van der Waals surface area contributed by atoms with Crippen LogP contribution in [0.3, 0.4) is 0 Å². The van der Waals surface area contributed by atoms with Gasteiger partial charge in [-0.15, -0.1) is 0 Å². The first-order valence-corrected chi connectivity index (χ1v) is 7.92. The first-order valence-electron chi connectivity index (χ1n) is 7.92. The number of carbonyl (C=O) groups excluding carboxylic acids is 1. The summed E-state index contributed by atoms with van der Waals surface area (Å²) in [5, 5.41) is 9.61. The molecule has 122 valence electrons. The van der Waals surface area contributed by atoms with Gasteiger partial charge in [0.1, 0.15) is 0 Å². The Labute approximate surface area is 130 Å². The van der Waals surface area contributed by atoms with E-state index in [9.17, 15) is 14.7 Å². The zero-order chi connectivity index (χ0) is 16.3. The van der Waals surface area contributed by atoms with Crippen molar-refractivity contribution in [3.05, 3.63) is 17.3 Å². The molecule has 2 heterocycles. The first-order chi connectivity index (χ1) is 10.4. The van der Waals surface area contributed by atoms with Crippen LogP contribution in [0.25, 0.3) is 0 Å². The fourth-order valence-corrected chi connectivity index (χ4v) is 3.21. The van der Waals surface area contributed by atoms with E-state index < -0.39 is 11.4 Å². The van der Waals surface area contributed by atoms with Gasteiger partial charge >= 0.3 is 5.97 Å². The monoisotopic (exact) mass is 308 g/mol. The summed E-state index contributed by atoms with van der Waals surface area (Å²) in [6, 6.07) is 0. The van der Waals surface area contributed by atoms with Gasteiger partial charge in [0.05, 0.1) is 11.1 Å². The van der Waals surface area contributed by atoms with Crippen molar-refractivity contribution in [3.8, 4) is 0 Å². The highest BCUT2D eigenvalue weighted by Gasteiger charge is 2.43. The number of oxazole rings is 1. The van der Waals surface area contributed by atoms with Gasteiger partial charge in [0.25, 0.3) is 5.91 Å². The van der Waals surface area contributed by atoms with Gasteiger partial charge in [0.2, 0.25) is 5.76 Å². The molecule has 1 amide bonds. The molecule has 0 saturated carbocycles. The van der Waals surface area contributed by atoms with E-state index in [-0.39, 0.29) is 18.2 Å². The number of hydrogen-bond donors (Lipinski definition) is 1. The largest absolute Gasteiger partial charge is 0.481 e. The fraction of sp³-hybridized carbons (Fsp3) is 0.688. The molecule has 1 aliphatic heterocycles. The van der Waals surface area contributed by atoms with Crippen molar-refractivity contribution in [2.75, 3.05) is 13.1 Å². The topological polar surface area (TPSA) is 83.6 Å². The zero-order valence-corrected chi connectivity index (χ0v) is 13.5. The summed E-state index contributed by atoms with van der Waals surface area (Å²) in [5.41, 5.74) is -0.256. The summed E-state index contributed by atoms with van der Waals surface area (Å²) >= 11 is 0. The minimum Gasteiger partial charge on any atom is -0.481 e. The highest BCUT2D eigenvalue weighted by molar-refractivity contribution is 5.93. The third-order valence-corrected chi connectivity index (χ3v) is 4.38. The van der Waals surface area contributed by atoms with E-state index in [1.165, 1.54) is 0 Å². The summed E-state index contributed by atoms with van der Waals surface area (Å²) in [4.78, 5) is 30.2. The predicted molar refractivity (Wildman–Crippen MR) is 80.7 cm³/mol. The maximum atomic E-state index is 12.7. The van der Waals surface area contributed by atoms with Gasteiger partial charge in [0.15, 0.2) is 5.89 Å². The summed E-state index contributed by atoms with van der Waals surface area (Å²) in [5.74, 6) is -0.271. The summed E-state index contributed by atoms with van der Waals surface area (Å²) in [7, 11) is 0. The maximum absolute atomic E-state index is 12.7. The highest BCUT2D eigenvalue weighted by atomic mass is 16.4. The molecule has 6 heteroatoms. The van der Waals surface area contributed by atoms with Crippen molar-refractivity contribution in [2.24, 2.45) is 5.41 Å². The van der Waals surface area contributed by atoms with Crippen LogP contribution in [0.1, 0.15) is 61.7 Å². The third-order valence-electron chi connectivity index (χ3n) is 4.38. The molecule has 1 aliphatic rings. The van der Waals surface area contributed by atoms with Crippen LogP contribution in [-0.2, 0) is 11.2 Å². The molecule has 6 nitrogen and oxygen atoms in total. The SMILES string of the molecule is CCCC1(C(=O)O)CCCN(C(=O)c2oc(CC)nc2C)C1. The molecule has 1 N–H and O–H groups in total. The molecule has 1 saturated heterocycles. The smallest absolute Gasteiger partial charge is 0.311 e. The summed E-state index contributed by atoms with van der Waals surface area (Å²) in [6.45, 7) is 6.45. The number of aromatic nitrogens is 1. The van der Waals surface area contributed by atoms with E-state index in [1.54, 1.807) is 11.8 Å². The van der Waals surface area contributed by atoms with Crippen molar-refractivity contribution < 1.29 is 19.1 Å². The van der Waals surface area contributed by atoms with Crippen molar-refractivity contribution in [3.63, 3.8) is 0 Å². The number of nitrogens with zero attached hydrogens (tertiary/aromatic N) is 2. The molecular weight excluding hydrogens is 284 g/mol. The quantitative estimate of drug-likeness (QED) is 0.904. The molecule has 1 aromatic heterocycles. The van der Waals surface area contributed by atoms with E-state index in [0.717, 1.165) is 6.42 Å². The van der Waals surface area contributed by atoms with E-state index in [1.807, 2.05) is 13.8 Å². The van der Waals surface area contributed by atoms with Crippen LogP contribution in [0.5, 0.6) is 0 Å². The molecule has 0 aliphatic carbocycles. The standard InChI is InChI=1S/C16H24N2O4/c1-4-7-16(15(20)21)8-6-9-18(10-16)14(19)13-11(3)17-12(5-2)22-13/h4-10H2,1-3H3,(H,20,21). The lowest BCUT2D eigenvalue weighted by Crippen LogP contribution is -2.50. The second-order valence-corrected chi connectivity index (χ2v) is 6.04. The predicted octanol–water partition coefficient (Wildman–Crippen LogP) is 2.65. The third kappa shape index (κ3) is 3.00. The van der Waals surface area contributed by atoms with Crippen molar-refractivity contribution >= 4 is 11.9 Å². The Morgan fingerprint density at radius 1 is 1.41 bits per heavy atom. The second-order valence-electron chi connectivity index (χ2n) is 6.04. The Balaban J connectivity index is 2.22. The van der Waals surface area contributed by atoms with Gasteiger partial charge in [0, 0.05) is 19.5 Å². The molecule has 2 rings (SSSR count). The maximum Gasteiger partial charge on any atom is 0.311 e. The number of aryl methyl sites for hydroxylation is 2. The number of hydrogen-bond acceptors (Lipinski definition) is 4. The Morgan fingerprint density at radius 3 is 2.68 bits per heavy atom. The number of carboxylic acids is 1. The van der Waals surface area contributed by atoms with Crippen molar-refractivity contribution in [1.82, 2.24) is 9.88 Å². The van der Waals surface area contributed by atoms with E-state index in [2.05, 4.69) is 4.98 Å². The minimum atomic E-state index is -0.829. The fourth-order valence-electron chi connectivity index (χ4n) is 3.21. The number of aliphatic carboxylic acids is 1. The van der Waals surface area contributed by atoms with Crippen LogP contribution in [-0.4, -0.2) is 40.0 Å². The molecule has 1 aromatic rings. The Hall–Kier alpha value is -1.85. The lowest BCUT2D eigenvalue weighted by atomic mass is 9.76. The molecule has 0 radical (unpaired) electrons. The van der Waals surface area contributed by atoms with E-state index >= 15 is 0 Å². The molecule has 22 heavy (non-hydrogen) atoms. The molecule has 0 bridgehead atoms. The van der Waals surface area contributed by atoms with Gasteiger partial charge in [-0.1, -0.05) is 20.3 Å². The number of carboxylic acid groups (broad SMARTS) is 1. The van der Waals surface area contributed by atoms with Crippen LogP contribution >= 0.6 is 0 Å². The first kappa shape index (κ1) is 16.5. The lowest BCUT2D eigenvalue weighted by Gasteiger charge is -2.39. The Bertz CT molecular complexity index is 562. The average molecular weight is 308 g/mol. The van der Waals surface area contributed by atoms with Crippen LogP contribution in [0.2, 0.25) is 0 Å². The number of likely N-dealkylation sites (tertiary alicyclic amines) is 1. The van der Waals surface area contributed by atoms with Crippen molar-refractivity contribution in [2.45, 2.75) is 52.9 Å². The highest BCUT2D eigenvalue weighted by Crippen LogP contribution is 2.35. The number of carbonyl (C=O) groups is 2. The molecule has 1 unspecified atom stereocenters. The zero-order valence-electron chi connectivity index (χ0n) is 13.5. The van der Waals surface area contributed by atoms with E-state index in [4.69, 9.17) is 4.42 Å². The van der Waals surface area contributed by atoms with Crippen LogP contribution in [0.15, 0.2) is 4.42 Å². The van der Waals surface area contributed by atoms with Gasteiger partial charge in [-0.05, 0) is 26.2 Å². The van der Waals surface area contributed by atoms with E-state index in [0.29, 0.717) is 43.8 Å². The number of piperidine rings is 1. The van der Waals surface area contributed by atoms with Crippen LogP contribution < -0.4 is 0 Å². The van der Waals surface area contributed by atoms with Gasteiger partial charge in [-0.25, -0.2) is 4.98 Å². The minimum absolute atomic E-state index is 0.244. The van der Waals surface area contributed by atoms with Crippen LogP contribution in [0, 0.1) is 12.3 Å². The molecular formula is C16H24N2O4. The van der Waals surface area contributed by atoms with Gasteiger partial charge in [-0.2, -0.15) is 0 Å². The summed E-state index contributed by atoms with van der Waals surface area (Å²) in [6.07, 6.45) is 3.32. The molecule has 0 aromatic carbocycles. The number of rotatable bonds is 5. The number of amides is 1.